The highest BCUT2D eigenvalue weighted by atomic mass is 19.1. The van der Waals surface area contributed by atoms with Crippen molar-refractivity contribution in [2.24, 2.45) is 13.0 Å². The third-order valence-corrected chi connectivity index (χ3v) is 10.1. The standard InChI is InChI=1S/C38H38FN7O6/c1-43-22-41-31-12-7-25(19-29(31)35(43)48)34(47)45-16-13-28(30(20-45)24-5-3-2-4-6-24)36(49)44-17-14-38(51,15-18-44)21-46-23-42-33(32(40)37(46)50)52-27-10-8-26(39)9-11-27/h2-12,19,22-23,28,30,51H,13-18,20-21,40H2,1H3/t28-,30+/m1/s1. The van der Waals surface area contributed by atoms with Crippen molar-refractivity contribution in [3.05, 3.63) is 123 Å². The molecule has 2 fully saturated rings. The third-order valence-electron chi connectivity index (χ3n) is 10.1. The monoisotopic (exact) mass is 707 g/mol. The minimum absolute atomic E-state index is 0.0475. The topological polar surface area (TPSA) is 166 Å². The van der Waals surface area contributed by atoms with Crippen molar-refractivity contribution in [3.63, 3.8) is 0 Å². The molecule has 7 rings (SSSR count). The number of piperidine rings is 2. The summed E-state index contributed by atoms with van der Waals surface area (Å²) in [6.07, 6.45) is 3.59. The second-order valence-corrected chi connectivity index (χ2v) is 13.6. The maximum absolute atomic E-state index is 14.2. The van der Waals surface area contributed by atoms with Gasteiger partial charge < -0.3 is 29.9 Å². The maximum atomic E-state index is 14.2. The molecule has 0 bridgehead atoms. The number of amides is 2. The SMILES string of the molecule is Cn1cnc2ccc(C(=O)N3CC[C@@H](C(=O)N4CCC(O)(Cn5cnc(Oc6ccc(F)cc6)c(N)c5=O)CC4)[C@H](c4ccccc4)C3)cc2c1=O. The van der Waals surface area contributed by atoms with Gasteiger partial charge in [0.15, 0.2) is 5.69 Å². The van der Waals surface area contributed by atoms with E-state index in [0.29, 0.717) is 36.0 Å². The Morgan fingerprint density at radius 3 is 2.40 bits per heavy atom. The molecule has 0 saturated carbocycles. The van der Waals surface area contributed by atoms with Crippen LogP contribution < -0.4 is 21.6 Å². The quantitative estimate of drug-likeness (QED) is 0.258. The van der Waals surface area contributed by atoms with E-state index in [-0.39, 0.29) is 73.1 Å². The fourth-order valence-corrected chi connectivity index (χ4v) is 7.15. The minimum atomic E-state index is -1.29. The summed E-state index contributed by atoms with van der Waals surface area (Å²) in [6.45, 7) is 1.15. The van der Waals surface area contributed by atoms with Gasteiger partial charge in [-0.2, -0.15) is 0 Å². The van der Waals surface area contributed by atoms with E-state index in [1.54, 1.807) is 35.0 Å². The number of carbonyl (C=O) groups is 2. The van der Waals surface area contributed by atoms with Gasteiger partial charge >= 0.3 is 0 Å². The highest BCUT2D eigenvalue weighted by Crippen LogP contribution is 2.36. The van der Waals surface area contributed by atoms with E-state index in [4.69, 9.17) is 10.5 Å². The van der Waals surface area contributed by atoms with Crippen molar-refractivity contribution in [1.82, 2.24) is 28.9 Å². The van der Waals surface area contributed by atoms with Gasteiger partial charge in [-0.25, -0.2) is 14.4 Å². The van der Waals surface area contributed by atoms with E-state index in [0.717, 1.165) is 5.56 Å². The lowest BCUT2D eigenvalue weighted by molar-refractivity contribution is -0.142. The van der Waals surface area contributed by atoms with Crippen molar-refractivity contribution < 1.29 is 23.8 Å². The second-order valence-electron chi connectivity index (χ2n) is 13.6. The van der Waals surface area contributed by atoms with Gasteiger partial charge in [-0.15, -0.1) is 0 Å². The van der Waals surface area contributed by atoms with E-state index in [1.807, 2.05) is 30.3 Å². The van der Waals surface area contributed by atoms with E-state index >= 15 is 0 Å². The van der Waals surface area contributed by atoms with Crippen molar-refractivity contribution in [2.75, 3.05) is 31.9 Å². The molecule has 2 aliphatic rings. The number of nitrogen functional groups attached to an aromatic ring is 1. The van der Waals surface area contributed by atoms with E-state index in [9.17, 15) is 28.7 Å². The van der Waals surface area contributed by atoms with Gasteiger partial charge in [-0.1, -0.05) is 30.3 Å². The van der Waals surface area contributed by atoms with Gasteiger partial charge in [0.2, 0.25) is 11.8 Å². The predicted molar refractivity (Wildman–Crippen MR) is 190 cm³/mol. The molecular weight excluding hydrogens is 669 g/mol. The zero-order chi connectivity index (χ0) is 36.6. The Morgan fingerprint density at radius 2 is 1.67 bits per heavy atom. The summed E-state index contributed by atoms with van der Waals surface area (Å²) in [5.74, 6) is -1.24. The molecule has 52 heavy (non-hydrogen) atoms. The fraction of sp³-hybridized carbons (Fsp3) is 0.316. The van der Waals surface area contributed by atoms with Gasteiger partial charge in [-0.3, -0.25) is 23.7 Å². The number of aliphatic hydroxyl groups is 1. The van der Waals surface area contributed by atoms with Crippen LogP contribution in [0.3, 0.4) is 0 Å². The van der Waals surface area contributed by atoms with Gasteiger partial charge in [0.25, 0.3) is 17.0 Å². The molecule has 2 atom stereocenters. The molecule has 2 aromatic heterocycles. The number of nitrogens with two attached hydrogens (primary N) is 1. The number of rotatable bonds is 7. The summed E-state index contributed by atoms with van der Waals surface area (Å²) in [5, 5.41) is 11.9. The molecule has 2 amide bonds. The van der Waals surface area contributed by atoms with Crippen LogP contribution in [0.1, 0.15) is 41.1 Å². The molecule has 0 unspecified atom stereocenters. The molecule has 0 radical (unpaired) electrons. The number of likely N-dealkylation sites (tertiary alicyclic amines) is 2. The highest BCUT2D eigenvalue weighted by molar-refractivity contribution is 5.98. The normalized spacial score (nSPS) is 18.7. The lowest BCUT2D eigenvalue weighted by atomic mass is 9.79. The number of anilines is 1. The number of fused-ring (bicyclic) bond motifs is 1. The number of halogens is 1. The van der Waals surface area contributed by atoms with E-state index in [1.165, 1.54) is 46.1 Å². The molecule has 2 aliphatic heterocycles. The van der Waals surface area contributed by atoms with Crippen LogP contribution in [0.4, 0.5) is 10.1 Å². The van der Waals surface area contributed by atoms with Crippen LogP contribution in [0.15, 0.2) is 95.0 Å². The number of nitrogens with zero attached hydrogens (tertiary/aromatic N) is 6. The molecule has 14 heteroatoms. The Bertz CT molecular complexity index is 2250. The lowest BCUT2D eigenvalue weighted by Crippen LogP contribution is -2.53. The van der Waals surface area contributed by atoms with Crippen LogP contribution in [0.25, 0.3) is 10.9 Å². The molecule has 4 heterocycles. The summed E-state index contributed by atoms with van der Waals surface area (Å²) in [7, 11) is 1.61. The first-order chi connectivity index (χ1) is 25.0. The van der Waals surface area contributed by atoms with Crippen molar-refractivity contribution in [1.29, 1.82) is 0 Å². The summed E-state index contributed by atoms with van der Waals surface area (Å²) in [4.78, 5) is 65.7. The number of ether oxygens (including phenoxy) is 1. The molecule has 3 aromatic carbocycles. The lowest BCUT2D eigenvalue weighted by Gasteiger charge is -2.43. The molecular formula is C38H38FN7O6. The highest BCUT2D eigenvalue weighted by Gasteiger charge is 2.42. The second kappa shape index (κ2) is 14.0. The molecule has 0 spiro atoms. The number of carbonyl (C=O) groups excluding carboxylic acids is 2. The van der Waals surface area contributed by atoms with Gasteiger partial charge in [0.1, 0.15) is 17.9 Å². The number of benzene rings is 3. The Kier molecular flexibility index (Phi) is 9.32. The van der Waals surface area contributed by atoms with Crippen LogP contribution in [0, 0.1) is 11.7 Å². The first-order valence-electron chi connectivity index (χ1n) is 17.1. The first kappa shape index (κ1) is 34.6. The Balaban J connectivity index is 1.03. The molecule has 268 valence electrons. The van der Waals surface area contributed by atoms with Crippen LogP contribution >= 0.6 is 0 Å². The summed E-state index contributed by atoms with van der Waals surface area (Å²) >= 11 is 0. The largest absolute Gasteiger partial charge is 0.437 e. The van der Waals surface area contributed by atoms with Crippen molar-refractivity contribution in [2.45, 2.75) is 37.3 Å². The fourth-order valence-electron chi connectivity index (χ4n) is 7.15. The van der Waals surface area contributed by atoms with Gasteiger partial charge in [0, 0.05) is 50.6 Å². The van der Waals surface area contributed by atoms with Crippen LogP contribution in [-0.2, 0) is 18.4 Å². The van der Waals surface area contributed by atoms with Crippen LogP contribution in [0.2, 0.25) is 0 Å². The Morgan fingerprint density at radius 1 is 0.942 bits per heavy atom. The first-order valence-corrected chi connectivity index (χ1v) is 17.1. The van der Waals surface area contributed by atoms with Gasteiger partial charge in [0.05, 0.1) is 29.4 Å². The molecule has 0 aliphatic carbocycles. The maximum Gasteiger partial charge on any atom is 0.280 e. The number of hydrogen-bond donors (Lipinski definition) is 2. The van der Waals surface area contributed by atoms with Gasteiger partial charge in [-0.05, 0) is 67.3 Å². The summed E-state index contributed by atoms with van der Waals surface area (Å²) < 4.78 is 21.4. The smallest absolute Gasteiger partial charge is 0.280 e. The average molecular weight is 708 g/mol. The van der Waals surface area contributed by atoms with Crippen LogP contribution in [0.5, 0.6) is 11.6 Å². The number of hydrogen-bond acceptors (Lipinski definition) is 9. The third kappa shape index (κ3) is 6.89. The molecule has 2 saturated heterocycles. The number of aryl methyl sites for hydroxylation is 1. The molecule has 13 nitrogen and oxygen atoms in total. The number of aromatic nitrogens is 4. The summed E-state index contributed by atoms with van der Waals surface area (Å²) in [5.41, 5.74) is 5.51. The average Bonchev–Trinajstić information content (AvgIpc) is 3.16. The molecule has 5 aromatic rings. The van der Waals surface area contributed by atoms with E-state index in [2.05, 4.69) is 9.97 Å². The Hall–Kier alpha value is -5.89. The predicted octanol–water partition coefficient (Wildman–Crippen LogP) is 3.30. The zero-order valence-corrected chi connectivity index (χ0v) is 28.5. The Labute approximate surface area is 297 Å². The van der Waals surface area contributed by atoms with Crippen LogP contribution in [-0.4, -0.2) is 77.6 Å². The zero-order valence-electron chi connectivity index (χ0n) is 28.5. The minimum Gasteiger partial charge on any atom is -0.437 e. The summed E-state index contributed by atoms with van der Waals surface area (Å²) in [6, 6.07) is 19.8. The van der Waals surface area contributed by atoms with Crippen molar-refractivity contribution >= 4 is 28.4 Å². The van der Waals surface area contributed by atoms with E-state index < -0.39 is 22.9 Å². The molecule has 3 N–H and O–H groups in total. The van der Waals surface area contributed by atoms with Crippen molar-refractivity contribution in [3.8, 4) is 11.6 Å².